The third-order valence-corrected chi connectivity index (χ3v) is 4.00. The molecule has 0 fully saturated rings. The smallest absolute Gasteiger partial charge is 0.355 e. The van der Waals surface area contributed by atoms with E-state index in [2.05, 4.69) is 5.32 Å². The number of benzene rings is 1. The van der Waals surface area contributed by atoms with Crippen molar-refractivity contribution in [2.24, 2.45) is 5.73 Å². The Morgan fingerprint density at radius 2 is 1.95 bits per heavy atom. The standard InChI is InChI=1S/C12H16F3N3O3S/c13-12(14,15)9-3-1-4-10(7-9)22(20,21)18-8-11(19)17-6-2-5-16/h1,3-4,7,18H,2,5-6,8,16H2,(H,17,19). The molecule has 0 saturated carbocycles. The van der Waals surface area contributed by atoms with Crippen LogP contribution in [0.5, 0.6) is 0 Å². The van der Waals surface area contributed by atoms with Crippen LogP contribution in [0.2, 0.25) is 0 Å². The molecule has 0 heterocycles. The zero-order valence-corrected chi connectivity index (χ0v) is 12.3. The number of rotatable bonds is 7. The summed E-state index contributed by atoms with van der Waals surface area (Å²) in [5.41, 5.74) is 4.15. The second kappa shape index (κ2) is 7.56. The van der Waals surface area contributed by atoms with Crippen LogP contribution in [0.3, 0.4) is 0 Å². The first-order valence-electron chi connectivity index (χ1n) is 6.30. The molecule has 0 radical (unpaired) electrons. The van der Waals surface area contributed by atoms with Gasteiger partial charge in [0.1, 0.15) is 0 Å². The molecule has 0 aromatic heterocycles. The highest BCUT2D eigenvalue weighted by molar-refractivity contribution is 7.89. The molecule has 0 aliphatic heterocycles. The number of hydrogen-bond donors (Lipinski definition) is 3. The Bertz CT molecular complexity index is 618. The van der Waals surface area contributed by atoms with E-state index in [4.69, 9.17) is 5.73 Å². The summed E-state index contributed by atoms with van der Waals surface area (Å²) < 4.78 is 63.3. The average molecular weight is 339 g/mol. The van der Waals surface area contributed by atoms with Gasteiger partial charge in [0.05, 0.1) is 17.0 Å². The molecule has 0 saturated heterocycles. The quantitative estimate of drug-likeness (QED) is 0.628. The molecule has 4 N–H and O–H groups in total. The van der Waals surface area contributed by atoms with Gasteiger partial charge in [0.25, 0.3) is 0 Å². The van der Waals surface area contributed by atoms with Gasteiger partial charge in [-0.2, -0.15) is 13.2 Å². The summed E-state index contributed by atoms with van der Waals surface area (Å²) in [7, 11) is -4.20. The van der Waals surface area contributed by atoms with E-state index in [9.17, 15) is 26.4 Å². The maximum Gasteiger partial charge on any atom is 0.416 e. The first-order valence-corrected chi connectivity index (χ1v) is 7.79. The van der Waals surface area contributed by atoms with Gasteiger partial charge >= 0.3 is 6.18 Å². The highest BCUT2D eigenvalue weighted by Crippen LogP contribution is 2.30. The van der Waals surface area contributed by atoms with Gasteiger partial charge < -0.3 is 11.1 Å². The molecule has 0 aliphatic rings. The number of carbonyl (C=O) groups is 1. The molecule has 1 rings (SSSR count). The molecule has 0 unspecified atom stereocenters. The van der Waals surface area contributed by atoms with E-state index < -0.39 is 39.1 Å². The minimum atomic E-state index is -4.65. The molecular formula is C12H16F3N3O3S. The van der Waals surface area contributed by atoms with Gasteiger partial charge in [-0.15, -0.1) is 0 Å². The van der Waals surface area contributed by atoms with E-state index in [1.54, 1.807) is 0 Å². The molecule has 1 aromatic carbocycles. The van der Waals surface area contributed by atoms with Crippen molar-refractivity contribution in [1.82, 2.24) is 10.0 Å². The lowest BCUT2D eigenvalue weighted by Crippen LogP contribution is -2.37. The van der Waals surface area contributed by atoms with Crippen LogP contribution in [0.1, 0.15) is 12.0 Å². The van der Waals surface area contributed by atoms with E-state index in [-0.39, 0.29) is 0 Å². The second-order valence-electron chi connectivity index (χ2n) is 4.34. The summed E-state index contributed by atoms with van der Waals surface area (Å²) in [5.74, 6) is -0.594. The monoisotopic (exact) mass is 339 g/mol. The summed E-state index contributed by atoms with van der Waals surface area (Å²) in [6.45, 7) is 0.0972. The minimum Gasteiger partial charge on any atom is -0.355 e. The fraction of sp³-hybridized carbons (Fsp3) is 0.417. The van der Waals surface area contributed by atoms with Gasteiger partial charge in [0.15, 0.2) is 0 Å². The summed E-state index contributed by atoms with van der Waals surface area (Å²) in [6, 6.07) is 3.27. The molecule has 1 aromatic rings. The number of nitrogens with one attached hydrogen (secondary N) is 2. The Kier molecular flexibility index (Phi) is 6.33. The van der Waals surface area contributed by atoms with Crippen LogP contribution >= 0.6 is 0 Å². The van der Waals surface area contributed by atoms with Gasteiger partial charge in [-0.1, -0.05) is 6.07 Å². The third kappa shape index (κ3) is 5.62. The van der Waals surface area contributed by atoms with Crippen LogP contribution in [0, 0.1) is 0 Å². The first-order chi connectivity index (χ1) is 10.2. The molecule has 0 aliphatic carbocycles. The van der Waals surface area contributed by atoms with Gasteiger partial charge in [-0.05, 0) is 31.2 Å². The second-order valence-corrected chi connectivity index (χ2v) is 6.11. The van der Waals surface area contributed by atoms with Crippen LogP contribution in [0.4, 0.5) is 13.2 Å². The zero-order valence-electron chi connectivity index (χ0n) is 11.5. The number of carbonyl (C=O) groups excluding carboxylic acids is 1. The molecule has 124 valence electrons. The molecule has 0 atom stereocenters. The van der Waals surface area contributed by atoms with E-state index in [1.165, 1.54) is 0 Å². The fourth-order valence-electron chi connectivity index (χ4n) is 1.48. The molecular weight excluding hydrogens is 323 g/mol. The van der Waals surface area contributed by atoms with Gasteiger partial charge in [0.2, 0.25) is 15.9 Å². The SMILES string of the molecule is NCCCNC(=O)CNS(=O)(=O)c1cccc(C(F)(F)F)c1. The number of hydrogen-bond acceptors (Lipinski definition) is 4. The van der Waals surface area contributed by atoms with Crippen LogP contribution in [0.15, 0.2) is 29.2 Å². The summed E-state index contributed by atoms with van der Waals surface area (Å²) in [4.78, 5) is 10.8. The lowest BCUT2D eigenvalue weighted by molar-refractivity contribution is -0.137. The summed E-state index contributed by atoms with van der Waals surface area (Å²) in [6.07, 6.45) is -4.11. The number of amides is 1. The zero-order chi connectivity index (χ0) is 16.8. The van der Waals surface area contributed by atoms with Crippen molar-refractivity contribution < 1.29 is 26.4 Å². The minimum absolute atomic E-state index is 0.292. The van der Waals surface area contributed by atoms with Crippen molar-refractivity contribution in [2.75, 3.05) is 19.6 Å². The molecule has 0 bridgehead atoms. The van der Waals surface area contributed by atoms with Crippen molar-refractivity contribution in [3.8, 4) is 0 Å². The van der Waals surface area contributed by atoms with Crippen molar-refractivity contribution >= 4 is 15.9 Å². The molecule has 10 heteroatoms. The predicted octanol–water partition coefficient (Wildman–Crippen LogP) is 0.449. The average Bonchev–Trinajstić information content (AvgIpc) is 2.45. The van der Waals surface area contributed by atoms with E-state index in [0.717, 1.165) is 18.2 Å². The van der Waals surface area contributed by atoms with Gasteiger partial charge in [-0.25, -0.2) is 13.1 Å². The van der Waals surface area contributed by atoms with Crippen LogP contribution < -0.4 is 15.8 Å². The lowest BCUT2D eigenvalue weighted by Gasteiger charge is -2.10. The normalized spacial score (nSPS) is 12.2. The summed E-state index contributed by atoms with van der Waals surface area (Å²) in [5, 5.41) is 2.42. The summed E-state index contributed by atoms with van der Waals surface area (Å²) >= 11 is 0. The lowest BCUT2D eigenvalue weighted by atomic mass is 10.2. The van der Waals surface area contributed by atoms with Crippen LogP contribution in [-0.2, 0) is 21.0 Å². The van der Waals surface area contributed by atoms with Crippen molar-refractivity contribution in [3.63, 3.8) is 0 Å². The highest BCUT2D eigenvalue weighted by Gasteiger charge is 2.31. The maximum absolute atomic E-state index is 12.6. The number of alkyl halides is 3. The van der Waals surface area contributed by atoms with Crippen molar-refractivity contribution in [1.29, 1.82) is 0 Å². The number of halogens is 3. The number of sulfonamides is 1. The Balaban J connectivity index is 2.73. The third-order valence-electron chi connectivity index (χ3n) is 2.60. The van der Waals surface area contributed by atoms with Crippen molar-refractivity contribution in [3.05, 3.63) is 29.8 Å². The van der Waals surface area contributed by atoms with Crippen LogP contribution in [0.25, 0.3) is 0 Å². The highest BCUT2D eigenvalue weighted by atomic mass is 32.2. The molecule has 22 heavy (non-hydrogen) atoms. The van der Waals surface area contributed by atoms with Crippen molar-refractivity contribution in [2.45, 2.75) is 17.5 Å². The number of nitrogens with two attached hydrogens (primary N) is 1. The Hall–Kier alpha value is -1.65. The molecule has 6 nitrogen and oxygen atoms in total. The van der Waals surface area contributed by atoms with E-state index in [1.807, 2.05) is 4.72 Å². The van der Waals surface area contributed by atoms with E-state index >= 15 is 0 Å². The fourth-order valence-corrected chi connectivity index (χ4v) is 2.50. The van der Waals surface area contributed by atoms with E-state index in [0.29, 0.717) is 25.6 Å². The van der Waals surface area contributed by atoms with Crippen LogP contribution in [-0.4, -0.2) is 34.0 Å². The Morgan fingerprint density at radius 3 is 2.55 bits per heavy atom. The largest absolute Gasteiger partial charge is 0.416 e. The van der Waals surface area contributed by atoms with Gasteiger partial charge in [0, 0.05) is 6.54 Å². The Morgan fingerprint density at radius 1 is 1.27 bits per heavy atom. The maximum atomic E-state index is 12.6. The topological polar surface area (TPSA) is 101 Å². The Labute approximate surface area is 125 Å². The van der Waals surface area contributed by atoms with Gasteiger partial charge in [-0.3, -0.25) is 4.79 Å². The molecule has 1 amide bonds. The molecule has 0 spiro atoms. The predicted molar refractivity (Wildman–Crippen MR) is 73.3 cm³/mol. The first kappa shape index (κ1) is 18.4.